The van der Waals surface area contributed by atoms with Crippen molar-refractivity contribution in [2.75, 3.05) is 34.8 Å². The molecule has 1 saturated heterocycles. The summed E-state index contributed by atoms with van der Waals surface area (Å²) >= 11 is 9.46. The number of benzene rings is 3. The molecule has 1 fully saturated rings. The first-order chi connectivity index (χ1) is 21.4. The van der Waals surface area contributed by atoms with Gasteiger partial charge in [-0.2, -0.15) is 4.31 Å². The summed E-state index contributed by atoms with van der Waals surface area (Å²) < 4.78 is 29.4. The van der Waals surface area contributed by atoms with Gasteiger partial charge in [0.1, 0.15) is 0 Å². The average molecular weight is 714 g/mol. The maximum Gasteiger partial charge on any atom is 0.266 e. The Labute approximate surface area is 274 Å². The van der Waals surface area contributed by atoms with E-state index in [0.29, 0.717) is 64.3 Å². The lowest BCUT2D eigenvalue weighted by Gasteiger charge is -2.31. The average Bonchev–Trinajstić information content (AvgIpc) is 3.53. The highest BCUT2D eigenvalue weighted by Crippen LogP contribution is 2.38. The van der Waals surface area contributed by atoms with Crippen LogP contribution in [0.25, 0.3) is 0 Å². The molecule has 0 aliphatic carbocycles. The minimum Gasteiger partial charge on any atom is -0.326 e. The second-order valence-corrected chi connectivity index (χ2v) is 14.6. The highest BCUT2D eigenvalue weighted by atomic mass is 79.9. The van der Waals surface area contributed by atoms with Crippen LogP contribution in [0.3, 0.4) is 0 Å². The van der Waals surface area contributed by atoms with Gasteiger partial charge < -0.3 is 10.2 Å². The molecule has 0 unspecified atom stereocenters. The van der Waals surface area contributed by atoms with Crippen LogP contribution in [0.5, 0.6) is 0 Å². The minimum absolute atomic E-state index is 0.00393. The van der Waals surface area contributed by atoms with Gasteiger partial charge in [0.2, 0.25) is 21.8 Å². The van der Waals surface area contributed by atoms with Crippen LogP contribution in [0, 0.1) is 12.8 Å². The Morgan fingerprint density at radius 3 is 2.49 bits per heavy atom. The van der Waals surface area contributed by atoms with E-state index in [-0.39, 0.29) is 40.9 Å². The Balaban J connectivity index is 1.17. The third-order valence-corrected chi connectivity index (χ3v) is 11.6. The van der Waals surface area contributed by atoms with Gasteiger partial charge in [-0.15, -0.1) is 0 Å². The molecule has 3 heterocycles. The number of carbonyl (C=O) groups is 4. The van der Waals surface area contributed by atoms with Crippen molar-refractivity contribution in [2.45, 2.75) is 44.4 Å². The highest BCUT2D eigenvalue weighted by molar-refractivity contribution is 9.10. The standard InChI is InChI=1S/C32H30BrClN4O6S/c1-3-29(39)37-12-10-19-14-25(33)28(16-27(19)37)45(43,44)36-11-4-5-20(17-36)30(40)35-22-7-9-26(18(2)13-22)38-31(41)23-8-6-21(34)15-24(23)32(38)42/h6-9,13-16,20H,3-5,10-12,17H2,1-2H3,(H,35,40)/t20-/m1/s1. The number of imide groups is 1. The van der Waals surface area contributed by atoms with Gasteiger partial charge in [-0.3, -0.25) is 19.2 Å². The summed E-state index contributed by atoms with van der Waals surface area (Å²) in [5.41, 5.74) is 3.48. The number of sulfonamides is 1. The molecule has 234 valence electrons. The number of aryl methyl sites for hydroxylation is 1. The van der Waals surface area contributed by atoms with Crippen LogP contribution < -0.4 is 15.1 Å². The molecule has 13 heteroatoms. The molecular formula is C32H30BrClN4O6S. The molecule has 0 aromatic heterocycles. The number of amides is 4. The number of hydrogen-bond donors (Lipinski definition) is 1. The van der Waals surface area contributed by atoms with Gasteiger partial charge in [0, 0.05) is 46.9 Å². The smallest absolute Gasteiger partial charge is 0.266 e. The van der Waals surface area contributed by atoms with Crippen molar-refractivity contribution in [1.82, 2.24) is 4.31 Å². The van der Waals surface area contributed by atoms with E-state index in [2.05, 4.69) is 21.2 Å². The van der Waals surface area contributed by atoms with E-state index in [0.717, 1.165) is 10.5 Å². The predicted molar refractivity (Wildman–Crippen MR) is 174 cm³/mol. The summed E-state index contributed by atoms with van der Waals surface area (Å²) in [5.74, 6) is -1.91. The zero-order valence-corrected chi connectivity index (χ0v) is 27.8. The highest BCUT2D eigenvalue weighted by Gasteiger charge is 2.38. The Bertz CT molecular complexity index is 1900. The maximum absolute atomic E-state index is 13.8. The molecule has 6 rings (SSSR count). The molecule has 0 saturated carbocycles. The molecule has 1 atom stereocenters. The third kappa shape index (κ3) is 5.58. The van der Waals surface area contributed by atoms with Crippen LogP contribution in [-0.2, 0) is 26.0 Å². The largest absolute Gasteiger partial charge is 0.326 e. The van der Waals surface area contributed by atoms with E-state index >= 15 is 0 Å². The molecule has 0 bridgehead atoms. The molecule has 3 aliphatic rings. The van der Waals surface area contributed by atoms with Crippen LogP contribution >= 0.6 is 27.5 Å². The van der Waals surface area contributed by atoms with E-state index in [1.807, 2.05) is 0 Å². The Hall–Kier alpha value is -3.58. The van der Waals surface area contributed by atoms with Crippen molar-refractivity contribution in [2.24, 2.45) is 5.92 Å². The molecule has 0 spiro atoms. The molecule has 4 amide bonds. The van der Waals surface area contributed by atoms with E-state index in [1.165, 1.54) is 16.4 Å². The van der Waals surface area contributed by atoms with Crippen LogP contribution in [0.1, 0.15) is 58.0 Å². The third-order valence-electron chi connectivity index (χ3n) is 8.56. The normalized spacial score (nSPS) is 18.3. The molecule has 45 heavy (non-hydrogen) atoms. The first-order valence-electron chi connectivity index (χ1n) is 14.6. The predicted octanol–water partition coefficient (Wildman–Crippen LogP) is 5.55. The van der Waals surface area contributed by atoms with Crippen LogP contribution in [0.4, 0.5) is 17.1 Å². The van der Waals surface area contributed by atoms with Gasteiger partial charge in [0.05, 0.1) is 27.6 Å². The van der Waals surface area contributed by atoms with E-state index in [9.17, 15) is 27.6 Å². The number of nitrogens with zero attached hydrogens (tertiary/aromatic N) is 3. The second kappa shape index (κ2) is 12.0. The Kier molecular flexibility index (Phi) is 8.36. The lowest BCUT2D eigenvalue weighted by Crippen LogP contribution is -2.43. The number of piperidine rings is 1. The van der Waals surface area contributed by atoms with Crippen LogP contribution in [0.15, 0.2) is 57.9 Å². The molecule has 3 aromatic rings. The van der Waals surface area contributed by atoms with E-state index in [4.69, 9.17) is 11.6 Å². The van der Waals surface area contributed by atoms with Crippen molar-refractivity contribution in [3.8, 4) is 0 Å². The summed E-state index contributed by atoms with van der Waals surface area (Å²) in [6.07, 6.45) is 1.99. The fourth-order valence-corrected chi connectivity index (χ4v) is 8.98. The lowest BCUT2D eigenvalue weighted by molar-refractivity contribution is -0.121. The molecule has 10 nitrogen and oxygen atoms in total. The van der Waals surface area contributed by atoms with Crippen molar-refractivity contribution < 1.29 is 27.6 Å². The fourth-order valence-electron chi connectivity index (χ4n) is 6.21. The van der Waals surface area contributed by atoms with E-state index in [1.54, 1.807) is 55.1 Å². The number of halogens is 2. The van der Waals surface area contributed by atoms with Crippen molar-refractivity contribution in [3.05, 3.63) is 80.3 Å². The minimum atomic E-state index is -3.98. The number of anilines is 3. The lowest BCUT2D eigenvalue weighted by atomic mass is 9.98. The van der Waals surface area contributed by atoms with Crippen LogP contribution in [-0.4, -0.2) is 56.0 Å². The van der Waals surface area contributed by atoms with E-state index < -0.39 is 27.8 Å². The molecular weight excluding hydrogens is 684 g/mol. The summed E-state index contributed by atoms with van der Waals surface area (Å²) in [7, 11) is -3.98. The quantitative estimate of drug-likeness (QED) is 0.334. The van der Waals surface area contributed by atoms with Crippen LogP contribution in [0.2, 0.25) is 5.02 Å². The first kappa shape index (κ1) is 31.4. The van der Waals surface area contributed by atoms with Gasteiger partial charge in [0.15, 0.2) is 0 Å². The molecule has 3 aromatic carbocycles. The number of rotatable bonds is 6. The van der Waals surface area contributed by atoms with Crippen molar-refractivity contribution >= 4 is 78.2 Å². The molecule has 3 aliphatic heterocycles. The molecule has 0 radical (unpaired) electrons. The van der Waals surface area contributed by atoms with Gasteiger partial charge in [-0.05, 0) is 102 Å². The monoisotopic (exact) mass is 712 g/mol. The SMILES string of the molecule is CCC(=O)N1CCc2cc(Br)c(S(=O)(=O)N3CCC[C@@H](C(=O)Nc4ccc(N5C(=O)c6ccc(Cl)cc6C5=O)c(C)c4)C3)cc21. The maximum atomic E-state index is 13.8. The fraction of sp³-hybridized carbons (Fsp3) is 0.312. The number of hydrogen-bond acceptors (Lipinski definition) is 6. The first-order valence-corrected chi connectivity index (χ1v) is 17.2. The summed E-state index contributed by atoms with van der Waals surface area (Å²) in [6, 6.07) is 12.8. The Morgan fingerprint density at radius 1 is 1.00 bits per heavy atom. The van der Waals surface area contributed by atoms with Gasteiger partial charge in [-0.25, -0.2) is 13.3 Å². The second-order valence-electron chi connectivity index (χ2n) is 11.4. The zero-order chi connectivity index (χ0) is 32.2. The zero-order valence-electron chi connectivity index (χ0n) is 24.6. The van der Waals surface area contributed by atoms with Crippen molar-refractivity contribution in [3.63, 3.8) is 0 Å². The number of carbonyl (C=O) groups excluding carboxylic acids is 4. The van der Waals surface area contributed by atoms with Gasteiger partial charge >= 0.3 is 0 Å². The number of nitrogens with one attached hydrogen (secondary N) is 1. The number of fused-ring (bicyclic) bond motifs is 2. The summed E-state index contributed by atoms with van der Waals surface area (Å²) in [5, 5.41) is 3.24. The van der Waals surface area contributed by atoms with Crippen molar-refractivity contribution in [1.29, 1.82) is 0 Å². The van der Waals surface area contributed by atoms with Gasteiger partial charge in [0.25, 0.3) is 11.8 Å². The van der Waals surface area contributed by atoms with Gasteiger partial charge in [-0.1, -0.05) is 18.5 Å². The molecule has 1 N–H and O–H groups in total. The topological polar surface area (TPSA) is 124 Å². The Morgan fingerprint density at radius 2 is 1.76 bits per heavy atom. The summed E-state index contributed by atoms with van der Waals surface area (Å²) in [6.45, 7) is 4.30. The summed E-state index contributed by atoms with van der Waals surface area (Å²) in [4.78, 5) is 54.7.